The van der Waals surface area contributed by atoms with Crippen LogP contribution >= 0.6 is 0 Å². The Labute approximate surface area is 189 Å². The number of rotatable bonds is 6. The van der Waals surface area contributed by atoms with Crippen molar-refractivity contribution in [3.8, 4) is 0 Å². The topological polar surface area (TPSA) is 0 Å². The molecule has 3 fully saturated rings. The van der Waals surface area contributed by atoms with Crippen LogP contribution in [0, 0.1) is 29.6 Å². The van der Waals surface area contributed by atoms with Crippen LogP contribution in [-0.2, 0) is 0 Å². The van der Waals surface area contributed by atoms with E-state index in [1.54, 1.807) is 36.4 Å². The van der Waals surface area contributed by atoms with E-state index in [2.05, 4.69) is 50.3 Å². The van der Waals surface area contributed by atoms with Crippen LogP contribution in [0.3, 0.4) is 0 Å². The summed E-state index contributed by atoms with van der Waals surface area (Å²) in [7, 11) is 0.0122. The summed E-state index contributed by atoms with van der Waals surface area (Å²) in [5.41, 5.74) is 1.64. The first-order valence-electron chi connectivity index (χ1n) is 13.5. The minimum absolute atomic E-state index is 0.0122. The zero-order chi connectivity index (χ0) is 20.8. The maximum absolute atomic E-state index is 2.47. The highest BCUT2D eigenvalue weighted by Crippen LogP contribution is 2.47. The Kier molecular flexibility index (Phi) is 8.33. The fourth-order valence-corrected chi connectivity index (χ4v) is 8.48. The van der Waals surface area contributed by atoms with Gasteiger partial charge in [0.2, 0.25) is 0 Å². The Balaban J connectivity index is 1.19. The van der Waals surface area contributed by atoms with Crippen LogP contribution in [0.2, 0.25) is 6.04 Å². The van der Waals surface area contributed by atoms with E-state index in [0.29, 0.717) is 0 Å². The Hall–Kier alpha value is -0.823. The summed E-state index contributed by atoms with van der Waals surface area (Å²) >= 11 is 0. The highest BCUT2D eigenvalue weighted by molar-refractivity contribution is 6.53. The van der Waals surface area contributed by atoms with Gasteiger partial charge in [0.25, 0.3) is 0 Å². The van der Waals surface area contributed by atoms with E-state index in [4.69, 9.17) is 0 Å². The molecule has 0 radical (unpaired) electrons. The first-order valence-corrected chi connectivity index (χ1v) is 15.2. The van der Waals surface area contributed by atoms with Gasteiger partial charge in [0.05, 0.1) is 9.52 Å². The molecule has 166 valence electrons. The second-order valence-corrected chi connectivity index (χ2v) is 13.3. The Morgan fingerprint density at radius 1 is 0.700 bits per heavy atom. The number of benzene rings is 1. The molecule has 0 N–H and O–H groups in total. The van der Waals surface area contributed by atoms with Crippen molar-refractivity contribution in [3.05, 3.63) is 42.0 Å². The van der Waals surface area contributed by atoms with Crippen molar-refractivity contribution >= 4 is 14.7 Å². The van der Waals surface area contributed by atoms with Crippen molar-refractivity contribution in [2.75, 3.05) is 0 Å². The zero-order valence-corrected chi connectivity index (χ0v) is 21.2. The van der Waals surface area contributed by atoms with Gasteiger partial charge in [-0.25, -0.2) is 0 Å². The Bertz CT molecular complexity index is 635. The van der Waals surface area contributed by atoms with Gasteiger partial charge in [0.15, 0.2) is 0 Å². The third kappa shape index (κ3) is 5.70. The number of hydrogen-bond acceptors (Lipinski definition) is 0. The standard InChI is InChI=1S/C29H46Si/c1-3-5-22-6-8-23(9-7-22)24-10-12-25(13-11-24)26-14-16-27(17-15-26)28-18-20-29(21-19-28)30-4-2/h3,5,18-27H,4,6-17,30H2,1-2H3/t22-,23-,24-,25-,26-,27-. The van der Waals surface area contributed by atoms with Crippen LogP contribution < -0.4 is 5.19 Å². The minimum atomic E-state index is 0.0122. The van der Waals surface area contributed by atoms with Crippen molar-refractivity contribution in [1.82, 2.24) is 0 Å². The normalized spacial score (nSPS) is 35.9. The van der Waals surface area contributed by atoms with E-state index >= 15 is 0 Å². The van der Waals surface area contributed by atoms with Gasteiger partial charge in [0, 0.05) is 0 Å². The van der Waals surface area contributed by atoms with Crippen LogP contribution in [0.4, 0.5) is 0 Å². The molecule has 0 unspecified atom stereocenters. The SMILES string of the molecule is CC=C[C@H]1CC[C@H]([C@H]2CC[C@H]([C@H]3CC[C@H](c4ccc([SiH2]CC)cc4)CC3)CC2)CC1. The molecule has 0 spiro atoms. The largest absolute Gasteiger partial charge is 0.0914 e. The highest BCUT2D eigenvalue weighted by atomic mass is 28.2. The molecule has 0 nitrogen and oxygen atoms in total. The average Bonchev–Trinajstić information content (AvgIpc) is 2.81. The molecule has 3 aliphatic carbocycles. The van der Waals surface area contributed by atoms with Crippen LogP contribution in [0.1, 0.15) is 102 Å². The molecule has 0 amide bonds. The summed E-state index contributed by atoms with van der Waals surface area (Å²) in [6.07, 6.45) is 22.8. The van der Waals surface area contributed by atoms with Gasteiger partial charge >= 0.3 is 0 Å². The lowest BCUT2D eigenvalue weighted by molar-refractivity contribution is 0.114. The molecular formula is C29H46Si. The molecule has 30 heavy (non-hydrogen) atoms. The third-order valence-electron chi connectivity index (χ3n) is 9.19. The molecule has 0 aliphatic heterocycles. The van der Waals surface area contributed by atoms with Crippen molar-refractivity contribution < 1.29 is 0 Å². The van der Waals surface area contributed by atoms with Crippen LogP contribution in [0.15, 0.2) is 36.4 Å². The van der Waals surface area contributed by atoms with Gasteiger partial charge < -0.3 is 0 Å². The lowest BCUT2D eigenvalue weighted by Crippen LogP contribution is -2.29. The molecule has 3 aliphatic rings. The molecule has 0 aromatic heterocycles. The van der Waals surface area contributed by atoms with Crippen molar-refractivity contribution in [3.63, 3.8) is 0 Å². The predicted molar refractivity (Wildman–Crippen MR) is 136 cm³/mol. The van der Waals surface area contributed by atoms with Gasteiger partial charge in [0.1, 0.15) is 0 Å². The summed E-state index contributed by atoms with van der Waals surface area (Å²) in [6, 6.07) is 11.2. The van der Waals surface area contributed by atoms with Gasteiger partial charge in [-0.15, -0.1) is 0 Å². The summed E-state index contributed by atoms with van der Waals surface area (Å²) in [5.74, 6) is 5.96. The van der Waals surface area contributed by atoms with Crippen LogP contribution in [-0.4, -0.2) is 9.52 Å². The lowest BCUT2D eigenvalue weighted by Gasteiger charge is -2.41. The van der Waals surface area contributed by atoms with Gasteiger partial charge in [-0.3, -0.25) is 0 Å². The van der Waals surface area contributed by atoms with Gasteiger partial charge in [-0.05, 0) is 125 Å². The summed E-state index contributed by atoms with van der Waals surface area (Å²) in [6.45, 7) is 4.52. The summed E-state index contributed by atoms with van der Waals surface area (Å²) in [5, 5.41) is 1.65. The Morgan fingerprint density at radius 2 is 1.17 bits per heavy atom. The van der Waals surface area contributed by atoms with Crippen molar-refractivity contribution in [2.24, 2.45) is 29.6 Å². The number of hydrogen-bond donors (Lipinski definition) is 0. The first kappa shape index (κ1) is 22.4. The van der Waals surface area contributed by atoms with Crippen LogP contribution in [0.25, 0.3) is 0 Å². The van der Waals surface area contributed by atoms with E-state index in [9.17, 15) is 0 Å². The van der Waals surface area contributed by atoms with E-state index < -0.39 is 0 Å². The molecule has 1 aromatic rings. The predicted octanol–water partition coefficient (Wildman–Crippen LogP) is 7.38. The first-order chi connectivity index (χ1) is 14.8. The molecule has 3 saturated carbocycles. The molecule has 0 atom stereocenters. The van der Waals surface area contributed by atoms with E-state index in [1.807, 2.05) is 0 Å². The van der Waals surface area contributed by atoms with Crippen LogP contribution in [0.5, 0.6) is 0 Å². The minimum Gasteiger partial charge on any atom is -0.0914 e. The second kappa shape index (κ2) is 11.2. The smallest absolute Gasteiger partial charge is 0.0544 e. The maximum atomic E-state index is 2.47. The summed E-state index contributed by atoms with van der Waals surface area (Å²) < 4.78 is 0. The molecule has 0 heterocycles. The van der Waals surface area contributed by atoms with Gasteiger partial charge in [-0.2, -0.15) is 0 Å². The molecular weight excluding hydrogens is 376 g/mol. The third-order valence-corrected chi connectivity index (χ3v) is 10.7. The van der Waals surface area contributed by atoms with E-state index in [-0.39, 0.29) is 9.52 Å². The monoisotopic (exact) mass is 422 g/mol. The molecule has 4 rings (SSSR count). The zero-order valence-electron chi connectivity index (χ0n) is 19.8. The van der Waals surface area contributed by atoms with Gasteiger partial charge in [-0.1, -0.05) is 54.6 Å². The lowest BCUT2D eigenvalue weighted by atomic mass is 9.64. The average molecular weight is 423 g/mol. The highest BCUT2D eigenvalue weighted by Gasteiger charge is 2.34. The molecule has 1 heteroatoms. The van der Waals surface area contributed by atoms with Crippen molar-refractivity contribution in [1.29, 1.82) is 0 Å². The maximum Gasteiger partial charge on any atom is 0.0544 e. The van der Waals surface area contributed by atoms with E-state index in [0.717, 1.165) is 35.5 Å². The fourth-order valence-electron chi connectivity index (χ4n) is 7.34. The molecule has 0 saturated heterocycles. The Morgan fingerprint density at radius 3 is 1.63 bits per heavy atom. The second-order valence-electron chi connectivity index (χ2n) is 11.0. The van der Waals surface area contributed by atoms with Crippen molar-refractivity contribution in [2.45, 2.75) is 103 Å². The summed E-state index contributed by atoms with van der Waals surface area (Å²) in [4.78, 5) is 0. The quantitative estimate of drug-likeness (QED) is 0.331. The van der Waals surface area contributed by atoms with E-state index in [1.165, 1.54) is 57.4 Å². The fraction of sp³-hybridized carbons (Fsp3) is 0.724. The molecule has 1 aromatic carbocycles. The molecule has 0 bridgehead atoms. The number of allylic oxidation sites excluding steroid dienone is 2.